The van der Waals surface area contributed by atoms with Crippen molar-refractivity contribution in [2.75, 3.05) is 24.5 Å². The highest BCUT2D eigenvalue weighted by atomic mass is 16.4. The predicted molar refractivity (Wildman–Crippen MR) is 96.5 cm³/mol. The van der Waals surface area contributed by atoms with Crippen LogP contribution in [0.2, 0.25) is 0 Å². The summed E-state index contributed by atoms with van der Waals surface area (Å²) >= 11 is 0. The molecule has 5 heteroatoms. The lowest BCUT2D eigenvalue weighted by atomic mass is 9.83. The summed E-state index contributed by atoms with van der Waals surface area (Å²) in [5.41, 5.74) is 1.43. The summed E-state index contributed by atoms with van der Waals surface area (Å²) in [6, 6.07) is 12.3. The van der Waals surface area contributed by atoms with Crippen LogP contribution in [0.15, 0.2) is 34.7 Å². The highest BCUT2D eigenvalue weighted by Gasteiger charge is 2.38. The van der Waals surface area contributed by atoms with Crippen LogP contribution in [-0.4, -0.2) is 40.8 Å². The van der Waals surface area contributed by atoms with Crippen molar-refractivity contribution in [2.45, 2.75) is 50.6 Å². The minimum Gasteiger partial charge on any atom is -0.408 e. The van der Waals surface area contributed by atoms with E-state index >= 15 is 0 Å². The molecule has 0 spiro atoms. The van der Waals surface area contributed by atoms with E-state index in [1.165, 1.54) is 44.2 Å². The molecule has 0 radical (unpaired) electrons. The minimum atomic E-state index is 0.537. The Kier molecular flexibility index (Phi) is 3.97. The fourth-order valence-corrected chi connectivity index (χ4v) is 4.54. The van der Waals surface area contributed by atoms with Gasteiger partial charge in [-0.1, -0.05) is 35.4 Å². The third kappa shape index (κ3) is 3.17. The van der Waals surface area contributed by atoms with Gasteiger partial charge in [0.25, 0.3) is 0 Å². The molecular weight excluding hydrogens is 312 g/mol. The van der Waals surface area contributed by atoms with E-state index in [2.05, 4.69) is 50.3 Å². The van der Waals surface area contributed by atoms with E-state index in [9.17, 15) is 0 Å². The number of hydrogen-bond acceptors (Lipinski definition) is 5. The van der Waals surface area contributed by atoms with Crippen LogP contribution in [0.5, 0.6) is 0 Å². The number of rotatable bonds is 4. The Hall–Kier alpha value is -1.88. The van der Waals surface area contributed by atoms with Crippen molar-refractivity contribution in [1.29, 1.82) is 0 Å². The second-order valence-corrected chi connectivity index (χ2v) is 7.86. The first-order valence-electron chi connectivity index (χ1n) is 9.73. The highest BCUT2D eigenvalue weighted by molar-refractivity contribution is 5.27. The van der Waals surface area contributed by atoms with Gasteiger partial charge in [0.05, 0.1) is 0 Å². The van der Waals surface area contributed by atoms with Gasteiger partial charge in [0.2, 0.25) is 5.89 Å². The van der Waals surface area contributed by atoms with Crippen molar-refractivity contribution < 1.29 is 4.42 Å². The number of likely N-dealkylation sites (tertiary alicyclic amines) is 1. The fraction of sp³-hybridized carbons (Fsp3) is 0.600. The largest absolute Gasteiger partial charge is 0.408 e. The van der Waals surface area contributed by atoms with Gasteiger partial charge >= 0.3 is 6.01 Å². The maximum Gasteiger partial charge on any atom is 0.318 e. The first-order valence-corrected chi connectivity index (χ1v) is 9.73. The van der Waals surface area contributed by atoms with Gasteiger partial charge in [0.15, 0.2) is 0 Å². The van der Waals surface area contributed by atoms with Gasteiger partial charge in [0, 0.05) is 31.6 Å². The molecule has 5 rings (SSSR count). The molecule has 1 aromatic heterocycles. The Balaban J connectivity index is 1.26. The van der Waals surface area contributed by atoms with Gasteiger partial charge in [-0.2, -0.15) is 0 Å². The Morgan fingerprint density at radius 3 is 2.72 bits per heavy atom. The number of piperidine rings is 2. The molecule has 25 heavy (non-hydrogen) atoms. The first kappa shape index (κ1) is 15.4. The lowest BCUT2D eigenvalue weighted by Crippen LogP contribution is -2.53. The Morgan fingerprint density at radius 1 is 1.00 bits per heavy atom. The molecule has 3 aliphatic rings. The summed E-state index contributed by atoms with van der Waals surface area (Å²) in [6.07, 6.45) is 6.22. The third-order valence-corrected chi connectivity index (χ3v) is 6.04. The summed E-state index contributed by atoms with van der Waals surface area (Å²) < 4.78 is 5.94. The average molecular weight is 338 g/mol. The van der Waals surface area contributed by atoms with Crippen molar-refractivity contribution in [3.05, 3.63) is 41.8 Å². The van der Waals surface area contributed by atoms with Gasteiger partial charge in [-0.3, -0.25) is 4.90 Å². The smallest absolute Gasteiger partial charge is 0.318 e. The molecule has 1 aromatic carbocycles. The summed E-state index contributed by atoms with van der Waals surface area (Å²) in [4.78, 5) is 5.02. The second kappa shape index (κ2) is 6.45. The van der Waals surface area contributed by atoms with Gasteiger partial charge in [-0.15, -0.1) is 5.10 Å². The van der Waals surface area contributed by atoms with E-state index in [-0.39, 0.29) is 0 Å². The molecule has 3 heterocycles. The highest BCUT2D eigenvalue weighted by Crippen LogP contribution is 2.40. The quantitative estimate of drug-likeness (QED) is 0.854. The summed E-state index contributed by atoms with van der Waals surface area (Å²) in [5, 5.41) is 8.58. The second-order valence-electron chi connectivity index (χ2n) is 7.86. The van der Waals surface area contributed by atoms with Crippen molar-refractivity contribution in [3.8, 4) is 0 Å². The minimum absolute atomic E-state index is 0.537. The zero-order chi connectivity index (χ0) is 16.6. The molecule has 0 N–H and O–H groups in total. The summed E-state index contributed by atoms with van der Waals surface area (Å²) in [6.45, 7) is 4.39. The molecule has 2 saturated heterocycles. The van der Waals surface area contributed by atoms with Crippen molar-refractivity contribution in [1.82, 2.24) is 15.1 Å². The lowest BCUT2D eigenvalue weighted by Gasteiger charge is -2.47. The number of anilines is 1. The van der Waals surface area contributed by atoms with E-state index in [4.69, 9.17) is 4.42 Å². The van der Waals surface area contributed by atoms with Crippen LogP contribution >= 0.6 is 0 Å². The SMILES string of the molecule is c1ccc(CN2CCC[C@@H]3CN(c4nnc(C5CC5)o4)CC[C@@H]32)cc1. The van der Waals surface area contributed by atoms with E-state index in [1.807, 2.05) is 0 Å². The number of benzene rings is 1. The maximum absolute atomic E-state index is 5.94. The van der Waals surface area contributed by atoms with Gasteiger partial charge in [-0.25, -0.2) is 0 Å². The lowest BCUT2D eigenvalue weighted by molar-refractivity contribution is 0.0690. The number of hydrogen-bond donors (Lipinski definition) is 0. The van der Waals surface area contributed by atoms with Crippen LogP contribution in [-0.2, 0) is 6.54 Å². The summed E-state index contributed by atoms with van der Waals surface area (Å²) in [7, 11) is 0. The molecule has 3 fully saturated rings. The molecule has 132 valence electrons. The first-order chi connectivity index (χ1) is 12.4. The van der Waals surface area contributed by atoms with Crippen LogP contribution in [0.1, 0.15) is 49.5 Å². The zero-order valence-corrected chi connectivity index (χ0v) is 14.7. The van der Waals surface area contributed by atoms with E-state index in [0.29, 0.717) is 17.9 Å². The van der Waals surface area contributed by atoms with Gasteiger partial charge in [0.1, 0.15) is 0 Å². The van der Waals surface area contributed by atoms with Crippen LogP contribution in [0, 0.1) is 5.92 Å². The Bertz CT molecular complexity index is 711. The molecule has 2 aliphatic heterocycles. The van der Waals surface area contributed by atoms with Crippen molar-refractivity contribution >= 4 is 6.01 Å². The molecule has 1 saturated carbocycles. The third-order valence-electron chi connectivity index (χ3n) is 6.04. The molecule has 2 aromatic rings. The van der Waals surface area contributed by atoms with Crippen LogP contribution < -0.4 is 4.90 Å². The van der Waals surface area contributed by atoms with Gasteiger partial charge in [-0.05, 0) is 50.1 Å². The molecular formula is C20H26N4O. The number of nitrogens with zero attached hydrogens (tertiary/aromatic N) is 4. The van der Waals surface area contributed by atoms with Crippen LogP contribution in [0.4, 0.5) is 6.01 Å². The van der Waals surface area contributed by atoms with E-state index in [0.717, 1.165) is 31.5 Å². The average Bonchev–Trinajstić information content (AvgIpc) is 3.39. The fourth-order valence-electron chi connectivity index (χ4n) is 4.54. The number of aromatic nitrogens is 2. The molecule has 1 aliphatic carbocycles. The molecule has 0 bridgehead atoms. The zero-order valence-electron chi connectivity index (χ0n) is 14.7. The van der Waals surface area contributed by atoms with E-state index < -0.39 is 0 Å². The monoisotopic (exact) mass is 338 g/mol. The molecule has 5 nitrogen and oxygen atoms in total. The Labute approximate surface area is 149 Å². The molecule has 0 amide bonds. The molecule has 0 unspecified atom stereocenters. The number of fused-ring (bicyclic) bond motifs is 1. The standard InChI is InChI=1S/C20H26N4O/c1-2-5-15(6-3-1)13-23-11-4-7-17-14-24(12-10-18(17)23)20-22-21-19(25-20)16-8-9-16/h1-3,5-6,16-18H,4,7-14H2/t17-,18+/m1/s1. The van der Waals surface area contributed by atoms with Crippen LogP contribution in [0.3, 0.4) is 0 Å². The topological polar surface area (TPSA) is 45.4 Å². The van der Waals surface area contributed by atoms with Crippen molar-refractivity contribution in [3.63, 3.8) is 0 Å². The maximum atomic E-state index is 5.94. The predicted octanol–water partition coefficient (Wildman–Crippen LogP) is 3.44. The van der Waals surface area contributed by atoms with E-state index in [1.54, 1.807) is 0 Å². The van der Waals surface area contributed by atoms with Crippen molar-refractivity contribution in [2.24, 2.45) is 5.92 Å². The Morgan fingerprint density at radius 2 is 1.88 bits per heavy atom. The molecule has 2 atom stereocenters. The van der Waals surface area contributed by atoms with Crippen LogP contribution in [0.25, 0.3) is 0 Å². The summed E-state index contributed by atoms with van der Waals surface area (Å²) in [5.74, 6) is 2.10. The normalized spacial score (nSPS) is 27.3. The van der Waals surface area contributed by atoms with Gasteiger partial charge < -0.3 is 9.32 Å².